The first-order chi connectivity index (χ1) is 17.0. The largest absolute Gasteiger partial charge is 0.495 e. The number of benzene rings is 3. The molecule has 1 aliphatic rings. The molecule has 3 aromatic rings. The molecule has 0 radical (unpaired) electrons. The minimum atomic E-state index is -0.528. The van der Waals surface area contributed by atoms with Crippen molar-refractivity contribution in [1.82, 2.24) is 0 Å². The van der Waals surface area contributed by atoms with Crippen LogP contribution >= 0.6 is 11.8 Å². The Morgan fingerprint density at radius 2 is 1.57 bits per heavy atom. The Labute approximate surface area is 205 Å². The average molecular weight is 492 g/mol. The predicted molar refractivity (Wildman–Crippen MR) is 136 cm³/mol. The van der Waals surface area contributed by atoms with Gasteiger partial charge >= 0.3 is 5.69 Å². The second-order valence-corrected chi connectivity index (χ2v) is 8.19. The molecule has 0 atom stereocenters. The molecule has 4 rings (SSSR count). The number of rotatable bonds is 7. The number of nitro groups is 1. The van der Waals surface area contributed by atoms with Gasteiger partial charge in [-0.25, -0.2) is 4.99 Å². The first-order valence-corrected chi connectivity index (χ1v) is 11.2. The highest BCUT2D eigenvalue weighted by molar-refractivity contribution is 8.19. The van der Waals surface area contributed by atoms with Gasteiger partial charge in [0.05, 0.1) is 36.8 Å². The van der Waals surface area contributed by atoms with Crippen LogP contribution in [0, 0.1) is 10.1 Å². The number of aliphatic imine (C=N–C) groups is 1. The van der Waals surface area contributed by atoms with Gasteiger partial charge in [-0.1, -0.05) is 30.3 Å². The Morgan fingerprint density at radius 3 is 2.26 bits per heavy atom. The van der Waals surface area contributed by atoms with Gasteiger partial charge in [0.25, 0.3) is 5.91 Å². The molecule has 0 spiro atoms. The van der Waals surface area contributed by atoms with Crippen LogP contribution in [0.1, 0.15) is 5.56 Å². The van der Waals surface area contributed by atoms with E-state index in [4.69, 9.17) is 19.2 Å². The van der Waals surface area contributed by atoms with E-state index >= 15 is 0 Å². The smallest absolute Gasteiger partial charge is 0.311 e. The molecule has 1 saturated heterocycles. The van der Waals surface area contributed by atoms with Crippen molar-refractivity contribution in [2.45, 2.75) is 0 Å². The zero-order valence-electron chi connectivity index (χ0n) is 19.1. The van der Waals surface area contributed by atoms with Crippen molar-refractivity contribution in [2.24, 2.45) is 4.99 Å². The third kappa shape index (κ3) is 4.82. The third-order valence-corrected chi connectivity index (χ3v) is 6.10. The fourth-order valence-electron chi connectivity index (χ4n) is 3.49. The summed E-state index contributed by atoms with van der Waals surface area (Å²) in [6.07, 6.45) is 1.59. The van der Waals surface area contributed by atoms with Crippen molar-refractivity contribution in [3.63, 3.8) is 0 Å². The standard InChI is InChI=1S/C25H21N3O6S/c1-32-20-10-6-4-8-17(20)26-25-27(18-9-5-7-11-21(18)33-2)24(29)23(35-25)15-16-12-13-22(34-3)19(14-16)28(30)31/h4-15H,1-3H3/b23-15-,26-25?. The van der Waals surface area contributed by atoms with Gasteiger partial charge in [0.2, 0.25) is 0 Å². The summed E-state index contributed by atoms with van der Waals surface area (Å²) in [6.45, 7) is 0. The topological polar surface area (TPSA) is 104 Å². The number of methoxy groups -OCH3 is 3. The highest BCUT2D eigenvalue weighted by atomic mass is 32.2. The first kappa shape index (κ1) is 23.8. The monoisotopic (exact) mass is 491 g/mol. The molecule has 178 valence electrons. The number of amides is 1. The molecule has 10 heteroatoms. The van der Waals surface area contributed by atoms with Gasteiger partial charge in [-0.15, -0.1) is 0 Å². The van der Waals surface area contributed by atoms with E-state index in [2.05, 4.69) is 0 Å². The van der Waals surface area contributed by atoms with Crippen LogP contribution in [0.15, 0.2) is 76.6 Å². The third-order valence-electron chi connectivity index (χ3n) is 5.13. The minimum Gasteiger partial charge on any atom is -0.495 e. The van der Waals surface area contributed by atoms with Crippen LogP contribution in [-0.4, -0.2) is 37.3 Å². The van der Waals surface area contributed by atoms with Gasteiger partial charge in [0, 0.05) is 6.07 Å². The molecular formula is C25H21N3O6S. The van der Waals surface area contributed by atoms with Gasteiger partial charge in [-0.3, -0.25) is 19.8 Å². The molecule has 9 nitrogen and oxygen atoms in total. The lowest BCUT2D eigenvalue weighted by Gasteiger charge is -2.18. The predicted octanol–water partition coefficient (Wildman–Crippen LogP) is 5.43. The van der Waals surface area contributed by atoms with Gasteiger partial charge in [-0.2, -0.15) is 0 Å². The second-order valence-electron chi connectivity index (χ2n) is 7.18. The number of nitro benzene ring substituents is 1. The van der Waals surface area contributed by atoms with Crippen LogP contribution in [-0.2, 0) is 4.79 Å². The van der Waals surface area contributed by atoms with E-state index in [1.165, 1.54) is 31.3 Å². The van der Waals surface area contributed by atoms with E-state index < -0.39 is 4.92 Å². The van der Waals surface area contributed by atoms with E-state index in [0.29, 0.717) is 38.5 Å². The SMILES string of the molecule is COc1ccccc1N=C1S/C(=C\c2ccc(OC)c([N+](=O)[O-])c2)C(=O)N1c1ccccc1OC. The zero-order valence-corrected chi connectivity index (χ0v) is 19.9. The number of anilines is 1. The summed E-state index contributed by atoms with van der Waals surface area (Å²) in [5, 5.41) is 11.8. The van der Waals surface area contributed by atoms with E-state index in [0.717, 1.165) is 11.8 Å². The highest BCUT2D eigenvalue weighted by Gasteiger charge is 2.36. The summed E-state index contributed by atoms with van der Waals surface area (Å²) in [4.78, 5) is 31.0. The van der Waals surface area contributed by atoms with Crippen molar-refractivity contribution < 1.29 is 23.9 Å². The van der Waals surface area contributed by atoms with E-state index in [1.54, 1.807) is 55.7 Å². The van der Waals surface area contributed by atoms with Crippen molar-refractivity contribution in [3.05, 3.63) is 87.3 Å². The summed E-state index contributed by atoms with van der Waals surface area (Å²) >= 11 is 1.15. The number of thioether (sulfide) groups is 1. The quantitative estimate of drug-likeness (QED) is 0.247. The van der Waals surface area contributed by atoms with Gasteiger partial charge in [0.15, 0.2) is 10.9 Å². The average Bonchev–Trinajstić information content (AvgIpc) is 3.18. The second kappa shape index (κ2) is 10.3. The lowest BCUT2D eigenvalue weighted by molar-refractivity contribution is -0.385. The Morgan fingerprint density at radius 1 is 0.914 bits per heavy atom. The van der Waals surface area contributed by atoms with Gasteiger partial charge < -0.3 is 14.2 Å². The Bertz CT molecular complexity index is 1350. The summed E-state index contributed by atoms with van der Waals surface area (Å²) in [7, 11) is 4.44. The van der Waals surface area contributed by atoms with Crippen molar-refractivity contribution in [1.29, 1.82) is 0 Å². The number of hydrogen-bond donors (Lipinski definition) is 0. The lowest BCUT2D eigenvalue weighted by Crippen LogP contribution is -2.29. The Hall–Kier alpha value is -4.31. The maximum absolute atomic E-state index is 13.6. The van der Waals surface area contributed by atoms with Crippen LogP contribution in [0.25, 0.3) is 6.08 Å². The van der Waals surface area contributed by atoms with Crippen LogP contribution < -0.4 is 19.1 Å². The molecule has 0 saturated carbocycles. The summed E-state index contributed by atoms with van der Waals surface area (Å²) in [5.41, 5.74) is 1.35. The molecule has 1 amide bonds. The van der Waals surface area contributed by atoms with Gasteiger partial charge in [0.1, 0.15) is 17.2 Å². The van der Waals surface area contributed by atoms with Gasteiger partial charge in [-0.05, 0) is 53.7 Å². The Balaban J connectivity index is 1.83. The van der Waals surface area contributed by atoms with E-state index in [9.17, 15) is 14.9 Å². The number of hydrogen-bond acceptors (Lipinski definition) is 8. The maximum atomic E-state index is 13.6. The fraction of sp³-hybridized carbons (Fsp3) is 0.120. The highest BCUT2D eigenvalue weighted by Crippen LogP contribution is 2.42. The number of carbonyl (C=O) groups is 1. The molecule has 35 heavy (non-hydrogen) atoms. The minimum absolute atomic E-state index is 0.136. The number of carbonyl (C=O) groups excluding carboxylic acids is 1. The zero-order chi connectivity index (χ0) is 24.9. The molecule has 0 aliphatic carbocycles. The van der Waals surface area contributed by atoms with Crippen LogP contribution in [0.4, 0.5) is 17.1 Å². The normalized spacial score (nSPS) is 15.5. The van der Waals surface area contributed by atoms with Crippen LogP contribution in [0.2, 0.25) is 0 Å². The van der Waals surface area contributed by atoms with E-state index in [-0.39, 0.29) is 17.3 Å². The molecule has 1 aliphatic heterocycles. The van der Waals surface area contributed by atoms with Crippen LogP contribution in [0.3, 0.4) is 0 Å². The molecule has 0 aromatic heterocycles. The molecule has 3 aromatic carbocycles. The molecular weight excluding hydrogens is 470 g/mol. The van der Waals surface area contributed by atoms with Crippen molar-refractivity contribution in [3.8, 4) is 17.2 Å². The van der Waals surface area contributed by atoms with Crippen LogP contribution in [0.5, 0.6) is 17.2 Å². The lowest BCUT2D eigenvalue weighted by atomic mass is 10.1. The number of nitrogens with zero attached hydrogens (tertiary/aromatic N) is 3. The van der Waals surface area contributed by atoms with E-state index in [1.807, 2.05) is 12.1 Å². The number of amidine groups is 1. The number of ether oxygens (including phenoxy) is 3. The molecule has 0 unspecified atom stereocenters. The maximum Gasteiger partial charge on any atom is 0.311 e. The molecule has 0 N–H and O–H groups in total. The molecule has 1 fully saturated rings. The first-order valence-electron chi connectivity index (χ1n) is 10.4. The summed E-state index contributed by atoms with van der Waals surface area (Å²) in [6, 6.07) is 18.8. The fourth-order valence-corrected chi connectivity index (χ4v) is 4.48. The molecule has 0 bridgehead atoms. The molecule has 1 heterocycles. The number of para-hydroxylation sites is 4. The van der Waals surface area contributed by atoms with Crippen molar-refractivity contribution >= 4 is 46.0 Å². The summed E-state index contributed by atoms with van der Waals surface area (Å²) < 4.78 is 16.0. The summed E-state index contributed by atoms with van der Waals surface area (Å²) in [5.74, 6) is 0.843. The Kier molecular flexibility index (Phi) is 7.02. The van der Waals surface area contributed by atoms with Crippen molar-refractivity contribution in [2.75, 3.05) is 26.2 Å².